The van der Waals surface area contributed by atoms with E-state index in [9.17, 15) is 0 Å². The molecule has 0 amide bonds. The average Bonchev–Trinajstić information content (AvgIpc) is 2.28. The highest BCUT2D eigenvalue weighted by atomic mass is 28.2. The first-order chi connectivity index (χ1) is 5.47. The quantitative estimate of drug-likeness (QED) is 0.478. The Kier molecular flexibility index (Phi) is 2.17. The fourth-order valence-electron chi connectivity index (χ4n) is 1.77. The van der Waals surface area contributed by atoms with Crippen LogP contribution in [0, 0.1) is 0 Å². The molecule has 0 N–H and O–H groups in total. The second-order valence-electron chi connectivity index (χ2n) is 3.23. The summed E-state index contributed by atoms with van der Waals surface area (Å²) in [5.74, 6) is 0. The third-order valence-electron chi connectivity index (χ3n) is 2.41. The van der Waals surface area contributed by atoms with Gasteiger partial charge in [-0.3, -0.25) is 0 Å². The maximum Gasteiger partial charge on any atom is 0.0545 e. The highest BCUT2D eigenvalue weighted by Crippen LogP contribution is 2.23. The van der Waals surface area contributed by atoms with Crippen LogP contribution in [-0.4, -0.2) is 14.8 Å². The van der Waals surface area contributed by atoms with Crippen molar-refractivity contribution in [2.45, 2.75) is 32.1 Å². The Hall–Kier alpha value is -0.433. The van der Waals surface area contributed by atoms with Gasteiger partial charge in [-0.15, -0.1) is 0 Å². The van der Waals surface area contributed by atoms with Crippen LogP contribution in [0.25, 0.3) is 0 Å². The monoisotopic (exact) mass is 161 g/mol. The van der Waals surface area contributed by atoms with Crippen LogP contribution in [0.1, 0.15) is 32.1 Å². The fourth-order valence-corrected chi connectivity index (χ4v) is 2.88. The van der Waals surface area contributed by atoms with E-state index in [0.29, 0.717) is 0 Å². The molecular formula is C10H13Si. The summed E-state index contributed by atoms with van der Waals surface area (Å²) in [6.45, 7) is 0. The standard InChI is InChI=1S/C10H13Si/c1-2-5-9-6-4-8-11-10(9)7-3-1/h4,6,8H,1-3,5,7H2. The van der Waals surface area contributed by atoms with E-state index in [-0.39, 0.29) is 0 Å². The lowest BCUT2D eigenvalue weighted by Crippen LogP contribution is -1.97. The van der Waals surface area contributed by atoms with Gasteiger partial charge in [0, 0.05) is 0 Å². The molecule has 0 unspecified atom stereocenters. The maximum absolute atomic E-state index is 2.32. The molecule has 11 heavy (non-hydrogen) atoms. The van der Waals surface area contributed by atoms with Gasteiger partial charge in [-0.25, -0.2) is 0 Å². The first kappa shape index (κ1) is 7.23. The summed E-state index contributed by atoms with van der Waals surface area (Å²) in [5, 5.41) is 1.74. The van der Waals surface area contributed by atoms with Crippen molar-refractivity contribution in [3.8, 4) is 0 Å². The molecular weight excluding hydrogens is 148 g/mol. The van der Waals surface area contributed by atoms with Crippen molar-refractivity contribution in [1.82, 2.24) is 0 Å². The third kappa shape index (κ3) is 1.59. The molecule has 0 spiro atoms. The van der Waals surface area contributed by atoms with Crippen LogP contribution in [0.15, 0.2) is 22.9 Å². The molecule has 0 nitrogen and oxygen atoms in total. The molecule has 0 fully saturated rings. The van der Waals surface area contributed by atoms with Crippen LogP contribution in [-0.2, 0) is 0 Å². The zero-order valence-electron chi connectivity index (χ0n) is 6.77. The third-order valence-corrected chi connectivity index (χ3v) is 3.69. The Labute approximate surface area is 70.4 Å². The van der Waals surface area contributed by atoms with Gasteiger partial charge in [-0.2, -0.15) is 0 Å². The maximum atomic E-state index is 2.32. The summed E-state index contributed by atoms with van der Waals surface area (Å²) in [5.41, 5.74) is 3.97. The summed E-state index contributed by atoms with van der Waals surface area (Å²) < 4.78 is 0. The van der Waals surface area contributed by atoms with Gasteiger partial charge in [0.05, 0.1) is 9.13 Å². The van der Waals surface area contributed by atoms with Crippen molar-refractivity contribution in [3.05, 3.63) is 22.9 Å². The highest BCUT2D eigenvalue weighted by Gasteiger charge is 2.08. The van der Waals surface area contributed by atoms with Gasteiger partial charge in [0.1, 0.15) is 0 Å². The Bertz CT molecular complexity index is 209. The summed E-state index contributed by atoms with van der Waals surface area (Å²) >= 11 is 0. The van der Waals surface area contributed by atoms with E-state index in [0.717, 1.165) is 9.13 Å². The lowest BCUT2D eigenvalue weighted by molar-refractivity contribution is 0.712. The Morgan fingerprint density at radius 2 is 2.00 bits per heavy atom. The van der Waals surface area contributed by atoms with Crippen LogP contribution in [0.3, 0.4) is 0 Å². The molecule has 1 aliphatic carbocycles. The predicted molar refractivity (Wildman–Crippen MR) is 51.1 cm³/mol. The Balaban J connectivity index is 2.26. The lowest BCUT2D eigenvalue weighted by Gasteiger charge is -2.06. The van der Waals surface area contributed by atoms with E-state index in [1.54, 1.807) is 10.8 Å². The molecule has 0 bridgehead atoms. The molecule has 2 aliphatic rings. The van der Waals surface area contributed by atoms with Crippen LogP contribution < -0.4 is 0 Å². The van der Waals surface area contributed by atoms with E-state index in [1.165, 1.54) is 32.1 Å². The van der Waals surface area contributed by atoms with Crippen LogP contribution >= 0.6 is 0 Å². The van der Waals surface area contributed by atoms with Crippen molar-refractivity contribution in [3.63, 3.8) is 0 Å². The number of allylic oxidation sites excluding steroid dienone is 4. The molecule has 1 heterocycles. The summed E-state index contributed by atoms with van der Waals surface area (Å²) in [6, 6.07) is 0. The second kappa shape index (κ2) is 3.31. The van der Waals surface area contributed by atoms with Crippen LogP contribution in [0.5, 0.6) is 0 Å². The molecule has 2 rings (SSSR count). The van der Waals surface area contributed by atoms with Crippen molar-refractivity contribution in [2.24, 2.45) is 0 Å². The second-order valence-corrected chi connectivity index (χ2v) is 4.46. The van der Waals surface area contributed by atoms with Crippen molar-refractivity contribution in [2.75, 3.05) is 0 Å². The van der Waals surface area contributed by atoms with Gasteiger partial charge in [0.25, 0.3) is 0 Å². The average molecular weight is 161 g/mol. The van der Waals surface area contributed by atoms with Crippen LogP contribution in [0.4, 0.5) is 0 Å². The number of hydrogen-bond acceptors (Lipinski definition) is 0. The molecule has 0 aromatic rings. The molecule has 0 aromatic carbocycles. The normalized spacial score (nSPS) is 23.3. The van der Waals surface area contributed by atoms with Gasteiger partial charge >= 0.3 is 0 Å². The largest absolute Gasteiger partial charge is 0.0770 e. The number of rotatable bonds is 0. The molecule has 57 valence electrons. The summed E-state index contributed by atoms with van der Waals surface area (Å²) in [7, 11) is 0.995. The lowest BCUT2D eigenvalue weighted by atomic mass is 10.1. The molecule has 0 aromatic heterocycles. The first-order valence-electron chi connectivity index (χ1n) is 4.45. The van der Waals surface area contributed by atoms with E-state index in [2.05, 4.69) is 17.8 Å². The zero-order chi connectivity index (χ0) is 7.52. The molecule has 1 aliphatic heterocycles. The molecule has 0 saturated carbocycles. The molecule has 1 heteroatoms. The Morgan fingerprint density at radius 3 is 3.00 bits per heavy atom. The van der Waals surface area contributed by atoms with Crippen LogP contribution in [0.2, 0.25) is 0 Å². The summed E-state index contributed by atoms with van der Waals surface area (Å²) in [6.07, 6.45) is 11.5. The minimum Gasteiger partial charge on any atom is -0.0770 e. The van der Waals surface area contributed by atoms with Crippen molar-refractivity contribution >= 4 is 14.8 Å². The van der Waals surface area contributed by atoms with Gasteiger partial charge in [0.15, 0.2) is 0 Å². The van der Waals surface area contributed by atoms with Gasteiger partial charge in [0.2, 0.25) is 0 Å². The van der Waals surface area contributed by atoms with Gasteiger partial charge < -0.3 is 0 Å². The van der Waals surface area contributed by atoms with E-state index >= 15 is 0 Å². The minimum atomic E-state index is 0.995. The van der Waals surface area contributed by atoms with E-state index in [1.807, 2.05) is 0 Å². The minimum absolute atomic E-state index is 0.995. The highest BCUT2D eigenvalue weighted by molar-refractivity contribution is 6.57. The van der Waals surface area contributed by atoms with E-state index < -0.39 is 0 Å². The number of hydrogen-bond donors (Lipinski definition) is 0. The Morgan fingerprint density at radius 1 is 1.09 bits per heavy atom. The topological polar surface area (TPSA) is 0 Å². The zero-order valence-corrected chi connectivity index (χ0v) is 7.77. The SMILES string of the molecule is C1=CC2=C(CCCCC2)[Si]=C1. The van der Waals surface area contributed by atoms with Crippen molar-refractivity contribution in [1.29, 1.82) is 0 Å². The first-order valence-corrected chi connectivity index (χ1v) is 5.53. The van der Waals surface area contributed by atoms with Gasteiger partial charge in [-0.1, -0.05) is 29.4 Å². The van der Waals surface area contributed by atoms with Crippen molar-refractivity contribution < 1.29 is 0 Å². The molecule has 0 atom stereocenters. The predicted octanol–water partition coefficient (Wildman–Crippen LogP) is 2.28. The summed E-state index contributed by atoms with van der Waals surface area (Å²) in [4.78, 5) is 0. The van der Waals surface area contributed by atoms with Gasteiger partial charge in [-0.05, 0) is 31.3 Å². The molecule has 0 saturated heterocycles. The van der Waals surface area contributed by atoms with E-state index in [4.69, 9.17) is 0 Å². The smallest absolute Gasteiger partial charge is 0.0545 e. The fraction of sp³-hybridized carbons (Fsp3) is 0.500. The molecule has 1 radical (unpaired) electrons.